The number of rotatable bonds is 8. The minimum atomic E-state index is -1.07. The average molecular weight is 546 g/mol. The molecule has 198 valence electrons. The SMILES string of the molecule is CCCOc1ccc(/C(O)=C2\C(=O)C(=O)N(c3nc4ccc(OC)cc4s3)C2c2ccc([N+](=O)[O-])cc2)cc1. The molecule has 1 amide bonds. The monoisotopic (exact) mass is 545 g/mol. The first-order chi connectivity index (χ1) is 18.8. The fraction of sp³-hybridized carbons (Fsp3) is 0.179. The number of hydrogen-bond donors (Lipinski definition) is 1. The third kappa shape index (κ3) is 4.79. The number of Topliss-reactive ketones (excluding diaryl/α,β-unsaturated/α-hetero) is 1. The highest BCUT2D eigenvalue weighted by Gasteiger charge is 2.48. The minimum Gasteiger partial charge on any atom is -0.507 e. The zero-order valence-electron chi connectivity index (χ0n) is 21.0. The number of amides is 1. The third-order valence-electron chi connectivity index (χ3n) is 6.26. The number of benzene rings is 3. The van der Waals surface area contributed by atoms with Crippen molar-refractivity contribution in [2.75, 3.05) is 18.6 Å². The van der Waals surface area contributed by atoms with Crippen LogP contribution in [0.5, 0.6) is 11.5 Å². The predicted molar refractivity (Wildman–Crippen MR) is 146 cm³/mol. The lowest BCUT2D eigenvalue weighted by Gasteiger charge is -2.22. The van der Waals surface area contributed by atoms with E-state index in [1.165, 1.54) is 40.5 Å². The van der Waals surface area contributed by atoms with Crippen LogP contribution in [0.25, 0.3) is 16.0 Å². The maximum absolute atomic E-state index is 13.4. The van der Waals surface area contributed by atoms with E-state index in [-0.39, 0.29) is 22.2 Å². The second-order valence-corrected chi connectivity index (χ2v) is 9.73. The number of carbonyl (C=O) groups excluding carboxylic acids is 2. The summed E-state index contributed by atoms with van der Waals surface area (Å²) in [6.45, 7) is 2.52. The van der Waals surface area contributed by atoms with Gasteiger partial charge in [0.15, 0.2) is 5.13 Å². The molecule has 10 nitrogen and oxygen atoms in total. The van der Waals surface area contributed by atoms with Crippen molar-refractivity contribution in [2.45, 2.75) is 19.4 Å². The molecule has 11 heteroatoms. The lowest BCUT2D eigenvalue weighted by atomic mass is 9.95. The molecular weight excluding hydrogens is 522 g/mol. The van der Waals surface area contributed by atoms with E-state index in [1.807, 2.05) is 6.92 Å². The van der Waals surface area contributed by atoms with Gasteiger partial charge in [-0.3, -0.25) is 24.6 Å². The van der Waals surface area contributed by atoms with Gasteiger partial charge < -0.3 is 14.6 Å². The Morgan fingerprint density at radius 3 is 2.41 bits per heavy atom. The standard InChI is InChI=1S/C28H23N3O7S/c1-3-14-38-19-10-6-17(7-11-19)25(32)23-24(16-4-8-18(9-5-16)31(35)36)30(27(34)26(23)33)28-29-21-13-12-20(37-2)15-22(21)39-28/h4-13,15,24,32H,3,14H2,1-2H3/b25-23+. The molecule has 1 fully saturated rings. The summed E-state index contributed by atoms with van der Waals surface area (Å²) < 4.78 is 11.6. The maximum Gasteiger partial charge on any atom is 0.301 e. The van der Waals surface area contributed by atoms with Crippen LogP contribution in [0.2, 0.25) is 0 Å². The fourth-order valence-electron chi connectivity index (χ4n) is 4.33. The van der Waals surface area contributed by atoms with Gasteiger partial charge in [-0.25, -0.2) is 4.98 Å². The van der Waals surface area contributed by atoms with Crippen molar-refractivity contribution >= 4 is 49.8 Å². The van der Waals surface area contributed by atoms with Crippen LogP contribution in [0.3, 0.4) is 0 Å². The molecule has 39 heavy (non-hydrogen) atoms. The van der Waals surface area contributed by atoms with Gasteiger partial charge in [0.25, 0.3) is 11.5 Å². The Balaban J connectivity index is 1.65. The van der Waals surface area contributed by atoms with Gasteiger partial charge >= 0.3 is 5.91 Å². The summed E-state index contributed by atoms with van der Waals surface area (Å²) >= 11 is 1.19. The van der Waals surface area contributed by atoms with Crippen molar-refractivity contribution < 1.29 is 29.1 Å². The number of methoxy groups -OCH3 is 1. The van der Waals surface area contributed by atoms with Crippen molar-refractivity contribution in [3.8, 4) is 11.5 Å². The number of aliphatic hydroxyl groups is 1. The number of carbonyl (C=O) groups is 2. The first-order valence-corrected chi connectivity index (χ1v) is 12.9. The van der Waals surface area contributed by atoms with E-state index >= 15 is 0 Å². The first kappa shape index (κ1) is 25.9. The molecule has 0 radical (unpaired) electrons. The lowest BCUT2D eigenvalue weighted by Crippen LogP contribution is -2.29. The van der Waals surface area contributed by atoms with E-state index in [1.54, 1.807) is 49.6 Å². The van der Waals surface area contributed by atoms with Gasteiger partial charge in [0.05, 0.1) is 40.5 Å². The lowest BCUT2D eigenvalue weighted by molar-refractivity contribution is -0.384. The van der Waals surface area contributed by atoms with Gasteiger partial charge in [0.2, 0.25) is 0 Å². The van der Waals surface area contributed by atoms with Gasteiger partial charge in [0, 0.05) is 17.7 Å². The molecule has 1 saturated heterocycles. The number of nitro benzene ring substituents is 1. The van der Waals surface area contributed by atoms with Crippen LogP contribution in [0.1, 0.15) is 30.5 Å². The van der Waals surface area contributed by atoms with Gasteiger partial charge in [-0.2, -0.15) is 0 Å². The van der Waals surface area contributed by atoms with E-state index < -0.39 is 22.7 Å². The molecule has 0 bridgehead atoms. The Morgan fingerprint density at radius 1 is 1.08 bits per heavy atom. The number of ketones is 1. The summed E-state index contributed by atoms with van der Waals surface area (Å²) in [5.41, 5.74) is 1.03. The van der Waals surface area contributed by atoms with Gasteiger partial charge in [0.1, 0.15) is 17.3 Å². The molecular formula is C28H23N3O7S. The van der Waals surface area contributed by atoms with Crippen LogP contribution in [0, 0.1) is 10.1 Å². The number of aliphatic hydroxyl groups excluding tert-OH is 1. The first-order valence-electron chi connectivity index (χ1n) is 12.1. The van der Waals surface area contributed by atoms with Gasteiger partial charge in [-0.15, -0.1) is 0 Å². The van der Waals surface area contributed by atoms with Crippen LogP contribution in [-0.4, -0.2) is 40.4 Å². The van der Waals surface area contributed by atoms with Crippen molar-refractivity contribution in [1.29, 1.82) is 0 Å². The summed E-state index contributed by atoms with van der Waals surface area (Å²) in [6.07, 6.45) is 0.832. The Bertz CT molecular complexity index is 1610. The molecule has 0 aliphatic carbocycles. The number of thiazole rings is 1. The molecule has 2 heterocycles. The quantitative estimate of drug-likeness (QED) is 0.0991. The normalized spacial score (nSPS) is 16.6. The summed E-state index contributed by atoms with van der Waals surface area (Å²) in [4.78, 5) is 43.3. The second-order valence-electron chi connectivity index (χ2n) is 8.72. The number of aromatic nitrogens is 1. The molecule has 4 aromatic rings. The average Bonchev–Trinajstić information content (AvgIpc) is 3.49. The summed E-state index contributed by atoms with van der Waals surface area (Å²) in [7, 11) is 1.54. The highest BCUT2D eigenvalue weighted by molar-refractivity contribution is 7.22. The summed E-state index contributed by atoms with van der Waals surface area (Å²) in [5, 5.41) is 22.8. The van der Waals surface area contributed by atoms with Crippen molar-refractivity contribution in [3.05, 3.63) is 93.5 Å². The Morgan fingerprint density at radius 2 is 1.77 bits per heavy atom. The van der Waals surface area contributed by atoms with Gasteiger partial charge in [-0.05, 0) is 66.6 Å². The van der Waals surface area contributed by atoms with Crippen molar-refractivity contribution in [2.24, 2.45) is 0 Å². The highest BCUT2D eigenvalue weighted by atomic mass is 32.1. The zero-order chi connectivity index (χ0) is 27.7. The van der Waals surface area contributed by atoms with Crippen LogP contribution < -0.4 is 14.4 Å². The number of hydrogen-bond acceptors (Lipinski definition) is 9. The van der Waals surface area contributed by atoms with Crippen molar-refractivity contribution in [3.63, 3.8) is 0 Å². The molecule has 1 aromatic heterocycles. The zero-order valence-corrected chi connectivity index (χ0v) is 21.8. The Hall–Kier alpha value is -4.77. The Kier molecular flexibility index (Phi) is 6.99. The van der Waals surface area contributed by atoms with E-state index in [4.69, 9.17) is 9.47 Å². The number of fused-ring (bicyclic) bond motifs is 1. The molecule has 1 aliphatic rings. The van der Waals surface area contributed by atoms with E-state index in [9.17, 15) is 24.8 Å². The van der Waals surface area contributed by atoms with E-state index in [0.717, 1.165) is 11.1 Å². The van der Waals surface area contributed by atoms with Crippen LogP contribution in [0.15, 0.2) is 72.3 Å². The summed E-state index contributed by atoms with van der Waals surface area (Å²) in [6, 6.07) is 16.2. The molecule has 3 aromatic carbocycles. The van der Waals surface area contributed by atoms with Crippen LogP contribution in [0.4, 0.5) is 10.8 Å². The van der Waals surface area contributed by atoms with Crippen LogP contribution in [-0.2, 0) is 9.59 Å². The fourth-order valence-corrected chi connectivity index (χ4v) is 5.35. The van der Waals surface area contributed by atoms with E-state index in [0.29, 0.717) is 34.7 Å². The smallest absolute Gasteiger partial charge is 0.301 e. The predicted octanol–water partition coefficient (Wildman–Crippen LogP) is 5.63. The summed E-state index contributed by atoms with van der Waals surface area (Å²) in [5.74, 6) is -0.916. The van der Waals surface area contributed by atoms with Crippen LogP contribution >= 0.6 is 11.3 Å². The van der Waals surface area contributed by atoms with E-state index in [2.05, 4.69) is 4.98 Å². The molecule has 0 saturated carbocycles. The highest BCUT2D eigenvalue weighted by Crippen LogP contribution is 2.45. The molecule has 5 rings (SSSR count). The second kappa shape index (κ2) is 10.5. The number of nitro groups is 1. The largest absolute Gasteiger partial charge is 0.507 e. The Labute approximate surface area is 226 Å². The number of non-ortho nitro benzene ring substituents is 1. The number of ether oxygens (including phenoxy) is 2. The van der Waals surface area contributed by atoms with Gasteiger partial charge in [-0.1, -0.05) is 18.3 Å². The molecule has 1 atom stereocenters. The van der Waals surface area contributed by atoms with Crippen molar-refractivity contribution in [1.82, 2.24) is 4.98 Å². The molecule has 0 spiro atoms. The number of nitrogens with zero attached hydrogens (tertiary/aromatic N) is 3. The third-order valence-corrected chi connectivity index (χ3v) is 7.27. The molecule has 1 N–H and O–H groups in total. The topological polar surface area (TPSA) is 132 Å². The minimum absolute atomic E-state index is 0.145. The molecule has 1 unspecified atom stereocenters. The maximum atomic E-state index is 13.4. The molecule has 1 aliphatic heterocycles. The number of anilines is 1.